The van der Waals surface area contributed by atoms with E-state index in [0.29, 0.717) is 23.1 Å². The van der Waals surface area contributed by atoms with Crippen LogP contribution in [-0.2, 0) is 0 Å². The molecule has 2 N–H and O–H groups in total. The first kappa shape index (κ1) is 15.5. The fourth-order valence-corrected chi connectivity index (χ4v) is 3.02. The molecular formula is C16H21N5O2. The zero-order valence-corrected chi connectivity index (χ0v) is 13.6. The van der Waals surface area contributed by atoms with E-state index in [-0.39, 0.29) is 5.69 Å². The van der Waals surface area contributed by atoms with E-state index in [1.54, 1.807) is 20.0 Å². The van der Waals surface area contributed by atoms with E-state index in [1.165, 1.54) is 12.8 Å². The summed E-state index contributed by atoms with van der Waals surface area (Å²) in [6.07, 6.45) is 6.31. The van der Waals surface area contributed by atoms with Gasteiger partial charge >= 0.3 is 0 Å². The van der Waals surface area contributed by atoms with Gasteiger partial charge in [0.15, 0.2) is 5.69 Å². The number of carbonyl (C=O) groups is 1. The van der Waals surface area contributed by atoms with Crippen LogP contribution in [0.3, 0.4) is 0 Å². The highest BCUT2D eigenvalue weighted by Crippen LogP contribution is 2.31. The minimum Gasteiger partial charge on any atom is -0.323 e. The number of carbonyl (C=O) groups excluding carboxylic acids is 1. The molecule has 0 radical (unpaired) electrons. The summed E-state index contributed by atoms with van der Waals surface area (Å²) in [5.74, 6) is -0.511. The van der Waals surface area contributed by atoms with Crippen LogP contribution < -0.4 is 10.9 Å². The van der Waals surface area contributed by atoms with Gasteiger partial charge in [-0.1, -0.05) is 12.8 Å². The highest BCUT2D eigenvalue weighted by Gasteiger charge is 2.22. The Hall–Kier alpha value is -2.44. The van der Waals surface area contributed by atoms with Crippen LogP contribution in [0.1, 0.15) is 59.3 Å². The fraction of sp³-hybridized carbons (Fsp3) is 0.500. The van der Waals surface area contributed by atoms with Gasteiger partial charge in [0, 0.05) is 5.69 Å². The predicted octanol–water partition coefficient (Wildman–Crippen LogP) is 2.26. The molecule has 1 amide bonds. The number of nitrogens with zero attached hydrogens (tertiary/aromatic N) is 3. The van der Waals surface area contributed by atoms with Gasteiger partial charge in [-0.05, 0) is 33.6 Å². The van der Waals surface area contributed by atoms with Gasteiger partial charge in [-0.2, -0.15) is 5.10 Å². The lowest BCUT2D eigenvalue weighted by Crippen LogP contribution is -2.26. The van der Waals surface area contributed by atoms with Crippen LogP contribution in [0.5, 0.6) is 0 Å². The molecule has 0 bridgehead atoms. The molecule has 23 heavy (non-hydrogen) atoms. The van der Waals surface area contributed by atoms with E-state index < -0.39 is 11.5 Å². The first-order valence-electron chi connectivity index (χ1n) is 7.90. The number of nitrogens with one attached hydrogen (secondary N) is 2. The zero-order chi connectivity index (χ0) is 16.6. The topological polar surface area (TPSA) is 92.7 Å². The van der Waals surface area contributed by atoms with Gasteiger partial charge in [0.05, 0.1) is 29.3 Å². The van der Waals surface area contributed by atoms with Crippen LogP contribution >= 0.6 is 0 Å². The molecule has 0 spiro atoms. The van der Waals surface area contributed by atoms with Gasteiger partial charge in [-0.15, -0.1) is 0 Å². The maximum absolute atomic E-state index is 12.4. The Bertz CT molecular complexity index is 799. The van der Waals surface area contributed by atoms with Crippen molar-refractivity contribution in [2.24, 2.45) is 0 Å². The van der Waals surface area contributed by atoms with E-state index in [4.69, 9.17) is 0 Å². The van der Waals surface area contributed by atoms with E-state index in [2.05, 4.69) is 20.4 Å². The predicted molar refractivity (Wildman–Crippen MR) is 86.8 cm³/mol. The van der Waals surface area contributed by atoms with E-state index in [9.17, 15) is 9.59 Å². The summed E-state index contributed by atoms with van der Waals surface area (Å²) in [5.41, 5.74) is 2.23. The van der Waals surface area contributed by atoms with Gasteiger partial charge < -0.3 is 10.3 Å². The second kappa shape index (κ2) is 5.98. The summed E-state index contributed by atoms with van der Waals surface area (Å²) in [7, 11) is 0. The Morgan fingerprint density at radius 3 is 2.70 bits per heavy atom. The molecule has 0 atom stereocenters. The molecule has 1 fully saturated rings. The lowest BCUT2D eigenvalue weighted by Gasteiger charge is -2.12. The zero-order valence-electron chi connectivity index (χ0n) is 13.6. The third kappa shape index (κ3) is 2.91. The minimum absolute atomic E-state index is 0.124. The summed E-state index contributed by atoms with van der Waals surface area (Å²) in [6.45, 7) is 5.44. The summed E-state index contributed by atoms with van der Waals surface area (Å²) in [4.78, 5) is 31.0. The van der Waals surface area contributed by atoms with E-state index >= 15 is 0 Å². The molecule has 1 aliphatic rings. The second-order valence-electron chi connectivity index (χ2n) is 6.11. The normalized spacial score (nSPS) is 15.1. The number of hydrogen-bond donors (Lipinski definition) is 2. The summed E-state index contributed by atoms with van der Waals surface area (Å²) >= 11 is 0. The monoisotopic (exact) mass is 315 g/mol. The Labute approximate surface area is 134 Å². The summed E-state index contributed by atoms with van der Waals surface area (Å²) in [5, 5.41) is 7.15. The summed E-state index contributed by atoms with van der Waals surface area (Å²) < 4.78 is 1.97. The van der Waals surface area contributed by atoms with Crippen molar-refractivity contribution in [3.05, 3.63) is 39.3 Å². The van der Waals surface area contributed by atoms with Gasteiger partial charge in [-0.3, -0.25) is 14.3 Å². The van der Waals surface area contributed by atoms with Crippen LogP contribution in [0, 0.1) is 20.8 Å². The molecule has 122 valence electrons. The fourth-order valence-electron chi connectivity index (χ4n) is 3.02. The lowest BCUT2D eigenvalue weighted by atomic mass is 10.2. The maximum Gasteiger partial charge on any atom is 0.280 e. The molecule has 2 aromatic heterocycles. The Kier molecular flexibility index (Phi) is 4.02. The largest absolute Gasteiger partial charge is 0.323 e. The number of anilines is 1. The van der Waals surface area contributed by atoms with Crippen LogP contribution in [0.15, 0.2) is 11.0 Å². The third-order valence-corrected chi connectivity index (χ3v) is 4.52. The molecule has 7 nitrogen and oxygen atoms in total. The van der Waals surface area contributed by atoms with Crippen LogP contribution in [0.25, 0.3) is 0 Å². The minimum atomic E-state index is -0.511. The molecular weight excluding hydrogens is 294 g/mol. The Morgan fingerprint density at radius 1 is 1.30 bits per heavy atom. The molecule has 3 rings (SSSR count). The average molecular weight is 315 g/mol. The highest BCUT2D eigenvalue weighted by molar-refractivity contribution is 6.02. The number of amides is 1. The average Bonchev–Trinajstić information content (AvgIpc) is 3.13. The lowest BCUT2D eigenvalue weighted by molar-refractivity contribution is 0.102. The van der Waals surface area contributed by atoms with Gasteiger partial charge in [0.1, 0.15) is 0 Å². The van der Waals surface area contributed by atoms with Crippen LogP contribution in [0.2, 0.25) is 0 Å². The van der Waals surface area contributed by atoms with Crippen molar-refractivity contribution in [2.75, 3.05) is 5.32 Å². The van der Waals surface area contributed by atoms with Crippen molar-refractivity contribution < 1.29 is 4.79 Å². The van der Waals surface area contributed by atoms with Crippen molar-refractivity contribution in [3.8, 4) is 0 Å². The second-order valence-corrected chi connectivity index (χ2v) is 6.11. The van der Waals surface area contributed by atoms with Gasteiger partial charge in [0.25, 0.3) is 11.5 Å². The first-order valence-corrected chi connectivity index (χ1v) is 7.90. The third-order valence-electron chi connectivity index (χ3n) is 4.52. The first-order chi connectivity index (χ1) is 11.0. The molecule has 0 unspecified atom stereocenters. The van der Waals surface area contributed by atoms with Crippen molar-refractivity contribution in [1.29, 1.82) is 0 Å². The van der Waals surface area contributed by atoms with E-state index in [0.717, 1.165) is 18.5 Å². The Balaban J connectivity index is 1.83. The van der Waals surface area contributed by atoms with Crippen molar-refractivity contribution in [2.45, 2.75) is 52.5 Å². The molecule has 1 saturated carbocycles. The molecule has 2 aromatic rings. The Morgan fingerprint density at radius 2 is 2.00 bits per heavy atom. The number of hydrogen-bond acceptors (Lipinski definition) is 4. The quantitative estimate of drug-likeness (QED) is 0.908. The maximum atomic E-state index is 12.4. The van der Waals surface area contributed by atoms with Crippen LogP contribution in [-0.4, -0.2) is 25.7 Å². The smallest absolute Gasteiger partial charge is 0.280 e. The number of rotatable bonds is 3. The number of aromatic amines is 1. The number of aryl methyl sites for hydroxylation is 2. The molecule has 0 aromatic carbocycles. The van der Waals surface area contributed by atoms with E-state index in [1.807, 2.05) is 11.6 Å². The van der Waals surface area contributed by atoms with Crippen molar-refractivity contribution in [3.63, 3.8) is 0 Å². The SMILES string of the molecule is Cc1nc(C(=O)Nc2cnn(C3CCCC3)c2C)c(=O)[nH]c1C. The van der Waals surface area contributed by atoms with Gasteiger partial charge in [-0.25, -0.2) is 4.98 Å². The van der Waals surface area contributed by atoms with Crippen LogP contribution in [0.4, 0.5) is 5.69 Å². The van der Waals surface area contributed by atoms with Crippen molar-refractivity contribution >= 4 is 11.6 Å². The van der Waals surface area contributed by atoms with Gasteiger partial charge in [0.2, 0.25) is 0 Å². The number of aromatic nitrogens is 4. The molecule has 0 saturated heterocycles. The molecule has 1 aliphatic carbocycles. The standard InChI is InChI=1S/C16H21N5O2/c1-9-10(2)19-15(22)14(18-9)16(23)20-13-8-17-21(11(13)3)12-6-4-5-7-12/h8,12H,4-7H2,1-3H3,(H,19,22)(H,20,23). The number of H-pyrrole nitrogens is 1. The molecule has 2 heterocycles. The van der Waals surface area contributed by atoms with Crippen molar-refractivity contribution in [1.82, 2.24) is 19.7 Å². The summed E-state index contributed by atoms with van der Waals surface area (Å²) in [6, 6.07) is 0.406. The molecule has 0 aliphatic heterocycles. The highest BCUT2D eigenvalue weighted by atomic mass is 16.2. The molecule has 7 heteroatoms.